The lowest BCUT2D eigenvalue weighted by molar-refractivity contribution is -0.141. The topological polar surface area (TPSA) is 84.1 Å². The van der Waals surface area contributed by atoms with Gasteiger partial charge in [0.15, 0.2) is 0 Å². The molecule has 0 bridgehead atoms. The summed E-state index contributed by atoms with van der Waals surface area (Å²) in [5.41, 5.74) is 0.188. The van der Waals surface area contributed by atoms with Crippen LogP contribution in [0.1, 0.15) is 20.3 Å². The van der Waals surface area contributed by atoms with E-state index >= 15 is 0 Å². The lowest BCUT2D eigenvalue weighted by Gasteiger charge is -2.18. The van der Waals surface area contributed by atoms with Gasteiger partial charge in [-0.2, -0.15) is 5.10 Å². The van der Waals surface area contributed by atoms with Gasteiger partial charge >= 0.3 is 5.97 Å². The number of carbonyl (C=O) groups is 1. The number of carbonyl (C=O) groups excluding carboxylic acids is 1. The van der Waals surface area contributed by atoms with Gasteiger partial charge in [0, 0.05) is 6.07 Å². The van der Waals surface area contributed by atoms with Crippen molar-refractivity contribution in [2.24, 2.45) is 5.92 Å². The Bertz CT molecular complexity index is 428. The summed E-state index contributed by atoms with van der Waals surface area (Å²) in [7, 11) is 1.34. The number of anilines is 1. The van der Waals surface area contributed by atoms with Crippen LogP contribution in [0.5, 0.6) is 0 Å². The van der Waals surface area contributed by atoms with Crippen LogP contribution in [0, 0.1) is 5.92 Å². The number of H-pyrrole nitrogens is 1. The number of rotatable bonds is 5. The number of aromatic amines is 1. The minimum Gasteiger partial charge on any atom is -0.467 e. The third kappa shape index (κ3) is 4.26. The van der Waals surface area contributed by atoms with Crippen LogP contribution in [0.2, 0.25) is 0 Å². The molecule has 0 saturated carbocycles. The van der Waals surface area contributed by atoms with Gasteiger partial charge in [-0.25, -0.2) is 9.89 Å². The van der Waals surface area contributed by atoms with Crippen molar-refractivity contribution in [3.8, 4) is 0 Å². The van der Waals surface area contributed by atoms with Crippen LogP contribution in [-0.4, -0.2) is 29.3 Å². The maximum atomic E-state index is 11.5. The third-order valence-corrected chi connectivity index (χ3v) is 2.20. The zero-order valence-electron chi connectivity index (χ0n) is 10.2. The summed E-state index contributed by atoms with van der Waals surface area (Å²) in [5, 5.41) is 8.86. The SMILES string of the molecule is COC(=O)C(CC(C)C)Nc1cn[nH]c(=O)c1. The lowest BCUT2D eigenvalue weighted by atomic mass is 10.0. The molecule has 0 aliphatic heterocycles. The van der Waals surface area contributed by atoms with E-state index in [1.54, 1.807) is 0 Å². The average Bonchev–Trinajstić information content (AvgIpc) is 2.26. The monoisotopic (exact) mass is 239 g/mol. The highest BCUT2D eigenvalue weighted by atomic mass is 16.5. The summed E-state index contributed by atoms with van der Waals surface area (Å²) in [6.45, 7) is 4.02. The molecule has 17 heavy (non-hydrogen) atoms. The van der Waals surface area contributed by atoms with Crippen LogP contribution in [0.4, 0.5) is 5.69 Å². The molecule has 0 aliphatic carbocycles. The van der Waals surface area contributed by atoms with Gasteiger partial charge in [0.2, 0.25) is 0 Å². The van der Waals surface area contributed by atoms with Crippen molar-refractivity contribution in [1.82, 2.24) is 10.2 Å². The Morgan fingerprint density at radius 1 is 1.59 bits per heavy atom. The molecule has 0 aromatic carbocycles. The Morgan fingerprint density at radius 2 is 2.29 bits per heavy atom. The van der Waals surface area contributed by atoms with Gasteiger partial charge in [-0.1, -0.05) is 13.8 Å². The third-order valence-electron chi connectivity index (χ3n) is 2.20. The molecule has 1 aromatic rings. The van der Waals surface area contributed by atoms with Crippen molar-refractivity contribution in [2.75, 3.05) is 12.4 Å². The fourth-order valence-corrected chi connectivity index (χ4v) is 1.48. The molecule has 1 atom stereocenters. The Balaban J connectivity index is 2.78. The molecule has 1 heterocycles. The number of ether oxygens (including phenoxy) is 1. The fourth-order valence-electron chi connectivity index (χ4n) is 1.48. The maximum absolute atomic E-state index is 11.5. The molecule has 1 unspecified atom stereocenters. The Hall–Kier alpha value is -1.85. The first kappa shape index (κ1) is 13.2. The van der Waals surface area contributed by atoms with Crippen molar-refractivity contribution in [3.05, 3.63) is 22.6 Å². The standard InChI is InChI=1S/C11H17N3O3/c1-7(2)4-9(11(16)17-3)13-8-5-10(15)14-12-6-8/h5-7,9H,4H2,1-3H3,(H2,13,14,15). The number of hydrogen-bond donors (Lipinski definition) is 2. The van der Waals surface area contributed by atoms with Crippen molar-refractivity contribution in [3.63, 3.8) is 0 Å². The normalized spacial score (nSPS) is 12.2. The first-order valence-corrected chi connectivity index (χ1v) is 5.42. The second-order valence-corrected chi connectivity index (χ2v) is 4.18. The van der Waals surface area contributed by atoms with Crippen LogP contribution in [-0.2, 0) is 9.53 Å². The summed E-state index contributed by atoms with van der Waals surface area (Å²) in [5.74, 6) is -0.0134. The predicted molar refractivity (Wildman–Crippen MR) is 63.7 cm³/mol. The lowest BCUT2D eigenvalue weighted by Crippen LogP contribution is -2.32. The van der Waals surface area contributed by atoms with Crippen molar-refractivity contribution < 1.29 is 9.53 Å². The van der Waals surface area contributed by atoms with E-state index in [2.05, 4.69) is 15.5 Å². The highest BCUT2D eigenvalue weighted by Gasteiger charge is 2.20. The van der Waals surface area contributed by atoms with E-state index in [1.165, 1.54) is 19.4 Å². The highest BCUT2D eigenvalue weighted by Crippen LogP contribution is 2.11. The number of nitrogens with one attached hydrogen (secondary N) is 2. The first-order chi connectivity index (χ1) is 8.02. The summed E-state index contributed by atoms with van der Waals surface area (Å²) < 4.78 is 4.71. The summed E-state index contributed by atoms with van der Waals surface area (Å²) in [4.78, 5) is 22.6. The first-order valence-electron chi connectivity index (χ1n) is 5.42. The summed E-state index contributed by atoms with van der Waals surface area (Å²) in [6, 6.07) is 0.882. The van der Waals surface area contributed by atoms with Gasteiger partial charge in [-0.05, 0) is 12.3 Å². The number of nitrogens with zero attached hydrogens (tertiary/aromatic N) is 1. The largest absolute Gasteiger partial charge is 0.467 e. The molecule has 1 rings (SSSR count). The van der Waals surface area contributed by atoms with E-state index in [9.17, 15) is 9.59 Å². The Kier molecular flexibility index (Phi) is 4.68. The second kappa shape index (κ2) is 6.03. The molecular formula is C11H17N3O3. The van der Waals surface area contributed by atoms with Gasteiger partial charge in [-0.3, -0.25) is 4.79 Å². The molecule has 0 radical (unpaired) electrons. The van der Waals surface area contributed by atoms with E-state index in [0.717, 1.165) is 0 Å². The molecule has 0 fully saturated rings. The highest BCUT2D eigenvalue weighted by molar-refractivity contribution is 5.79. The average molecular weight is 239 g/mol. The smallest absolute Gasteiger partial charge is 0.328 e. The fraction of sp³-hybridized carbons (Fsp3) is 0.545. The van der Waals surface area contributed by atoms with Crippen LogP contribution in [0.25, 0.3) is 0 Å². The Morgan fingerprint density at radius 3 is 2.82 bits per heavy atom. The maximum Gasteiger partial charge on any atom is 0.328 e. The van der Waals surface area contributed by atoms with E-state index in [0.29, 0.717) is 18.0 Å². The number of esters is 1. The minimum atomic E-state index is -0.469. The van der Waals surface area contributed by atoms with Crippen LogP contribution >= 0.6 is 0 Å². The molecule has 1 aromatic heterocycles. The number of methoxy groups -OCH3 is 1. The van der Waals surface area contributed by atoms with Gasteiger partial charge < -0.3 is 10.1 Å². The van der Waals surface area contributed by atoms with E-state index in [-0.39, 0.29) is 11.5 Å². The van der Waals surface area contributed by atoms with E-state index in [1.807, 2.05) is 13.8 Å². The molecule has 2 N–H and O–H groups in total. The van der Waals surface area contributed by atoms with Gasteiger partial charge in [0.25, 0.3) is 5.56 Å². The molecule has 0 saturated heterocycles. The minimum absolute atomic E-state index is 0.317. The second-order valence-electron chi connectivity index (χ2n) is 4.18. The van der Waals surface area contributed by atoms with Crippen molar-refractivity contribution in [2.45, 2.75) is 26.3 Å². The van der Waals surface area contributed by atoms with E-state index < -0.39 is 6.04 Å². The molecular weight excluding hydrogens is 222 g/mol. The quantitative estimate of drug-likeness (QED) is 0.741. The molecule has 0 aliphatic rings. The van der Waals surface area contributed by atoms with Gasteiger partial charge in [0.05, 0.1) is 19.0 Å². The summed E-state index contributed by atoms with van der Waals surface area (Å²) in [6.07, 6.45) is 2.08. The van der Waals surface area contributed by atoms with Gasteiger partial charge in [-0.15, -0.1) is 0 Å². The molecule has 0 spiro atoms. The predicted octanol–water partition coefficient (Wildman–Crippen LogP) is 0.769. The zero-order chi connectivity index (χ0) is 12.8. The van der Waals surface area contributed by atoms with Crippen molar-refractivity contribution in [1.29, 1.82) is 0 Å². The molecule has 94 valence electrons. The Labute approximate surface area is 99.4 Å². The van der Waals surface area contributed by atoms with Crippen LogP contribution in [0.15, 0.2) is 17.1 Å². The molecule has 6 heteroatoms. The molecule has 0 amide bonds. The zero-order valence-corrected chi connectivity index (χ0v) is 10.2. The molecule has 6 nitrogen and oxygen atoms in total. The number of hydrogen-bond acceptors (Lipinski definition) is 5. The van der Waals surface area contributed by atoms with Crippen LogP contribution in [0.3, 0.4) is 0 Å². The van der Waals surface area contributed by atoms with Crippen molar-refractivity contribution >= 4 is 11.7 Å². The van der Waals surface area contributed by atoms with Crippen LogP contribution < -0.4 is 10.9 Å². The van der Waals surface area contributed by atoms with E-state index in [4.69, 9.17) is 4.74 Å². The summed E-state index contributed by atoms with van der Waals surface area (Å²) >= 11 is 0. The van der Waals surface area contributed by atoms with Gasteiger partial charge in [0.1, 0.15) is 6.04 Å². The number of aromatic nitrogens is 2.